The second-order valence-electron chi connectivity index (χ2n) is 17.6. The van der Waals surface area contributed by atoms with Gasteiger partial charge in [0.15, 0.2) is 6.10 Å². The van der Waals surface area contributed by atoms with Crippen LogP contribution in [0.4, 0.5) is 0 Å². The summed E-state index contributed by atoms with van der Waals surface area (Å²) in [7, 11) is 0. The highest BCUT2D eigenvalue weighted by Crippen LogP contribution is 2.17. The first kappa shape index (κ1) is 54.4. The molecule has 0 aliphatic heterocycles. The Labute approximate surface area is 348 Å². The third-order valence-electron chi connectivity index (χ3n) is 11.3. The van der Waals surface area contributed by atoms with E-state index in [-0.39, 0.29) is 31.1 Å². The van der Waals surface area contributed by atoms with E-state index in [0.29, 0.717) is 19.3 Å². The Bertz CT molecular complexity index is 841. The summed E-state index contributed by atoms with van der Waals surface area (Å²) in [6.45, 7) is 8.94. The molecule has 0 radical (unpaired) electrons. The van der Waals surface area contributed by atoms with E-state index in [1.54, 1.807) is 0 Å². The highest BCUT2D eigenvalue weighted by molar-refractivity contribution is 5.71. The maximum Gasteiger partial charge on any atom is 0.306 e. The molecule has 0 aliphatic rings. The Balaban J connectivity index is 4.22. The number of esters is 3. The molecule has 0 heterocycles. The van der Waals surface area contributed by atoms with E-state index >= 15 is 0 Å². The first-order chi connectivity index (χ1) is 27.4. The van der Waals surface area contributed by atoms with Crippen molar-refractivity contribution < 1.29 is 28.6 Å². The standard InChI is InChI=1S/C50H96O6/c1-5-7-9-11-13-15-17-18-19-20-21-22-23-25-26-28-33-37-41-48(51)54-44-47(45-55-49(52)42-38-34-31-30-32-36-40-46(3)4)56-50(53)43-39-35-29-27-24-16-14-12-10-8-6-2/h46-47H,5-45H2,1-4H3/t47-/m1/s1. The molecular formula is C50H96O6. The fraction of sp³-hybridized carbons (Fsp3) is 0.940. The van der Waals surface area contributed by atoms with Crippen molar-refractivity contribution in [1.29, 1.82) is 0 Å². The van der Waals surface area contributed by atoms with Gasteiger partial charge in [-0.25, -0.2) is 0 Å². The molecule has 0 spiro atoms. The summed E-state index contributed by atoms with van der Waals surface area (Å²) in [5.74, 6) is -0.0904. The number of hydrogen-bond acceptors (Lipinski definition) is 6. The number of hydrogen-bond donors (Lipinski definition) is 0. The number of carbonyl (C=O) groups excluding carboxylic acids is 3. The molecule has 0 amide bonds. The van der Waals surface area contributed by atoms with Gasteiger partial charge in [-0.3, -0.25) is 14.4 Å². The maximum atomic E-state index is 12.7. The molecule has 0 rings (SSSR count). The molecular weight excluding hydrogens is 697 g/mol. The Morgan fingerprint density at radius 2 is 0.589 bits per heavy atom. The number of carbonyl (C=O) groups is 3. The van der Waals surface area contributed by atoms with Gasteiger partial charge >= 0.3 is 17.9 Å². The molecule has 0 saturated heterocycles. The first-order valence-electron chi connectivity index (χ1n) is 24.9. The van der Waals surface area contributed by atoms with Crippen molar-refractivity contribution in [2.24, 2.45) is 5.92 Å². The lowest BCUT2D eigenvalue weighted by Gasteiger charge is -2.18. The van der Waals surface area contributed by atoms with Crippen LogP contribution in [0.25, 0.3) is 0 Å². The van der Waals surface area contributed by atoms with Gasteiger partial charge in [0.2, 0.25) is 0 Å². The minimum Gasteiger partial charge on any atom is -0.462 e. The molecule has 0 fully saturated rings. The molecule has 6 nitrogen and oxygen atoms in total. The van der Waals surface area contributed by atoms with E-state index in [4.69, 9.17) is 14.2 Å². The van der Waals surface area contributed by atoms with Crippen LogP contribution >= 0.6 is 0 Å². The Kier molecular flexibility index (Phi) is 43.2. The van der Waals surface area contributed by atoms with Crippen LogP contribution in [0.5, 0.6) is 0 Å². The lowest BCUT2D eigenvalue weighted by molar-refractivity contribution is -0.167. The van der Waals surface area contributed by atoms with Crippen LogP contribution < -0.4 is 0 Å². The van der Waals surface area contributed by atoms with Crippen LogP contribution in [-0.4, -0.2) is 37.2 Å². The zero-order chi connectivity index (χ0) is 41.0. The minimum absolute atomic E-state index is 0.0640. The van der Waals surface area contributed by atoms with E-state index < -0.39 is 6.10 Å². The lowest BCUT2D eigenvalue weighted by atomic mass is 10.0. The van der Waals surface area contributed by atoms with Gasteiger partial charge in [-0.2, -0.15) is 0 Å². The summed E-state index contributed by atoms with van der Waals surface area (Å²) in [6, 6.07) is 0. The molecule has 332 valence electrons. The first-order valence-corrected chi connectivity index (χ1v) is 24.9. The molecule has 0 aliphatic carbocycles. The van der Waals surface area contributed by atoms with Gasteiger partial charge in [-0.1, -0.05) is 240 Å². The van der Waals surface area contributed by atoms with Gasteiger partial charge in [-0.05, 0) is 25.2 Å². The van der Waals surface area contributed by atoms with Crippen molar-refractivity contribution in [3.8, 4) is 0 Å². The van der Waals surface area contributed by atoms with Crippen molar-refractivity contribution in [3.63, 3.8) is 0 Å². The van der Waals surface area contributed by atoms with Gasteiger partial charge < -0.3 is 14.2 Å². The quantitative estimate of drug-likeness (QED) is 0.0347. The van der Waals surface area contributed by atoms with Crippen LogP contribution in [0.2, 0.25) is 0 Å². The van der Waals surface area contributed by atoms with E-state index in [0.717, 1.165) is 63.7 Å². The summed E-state index contributed by atoms with van der Waals surface area (Å²) in [5.41, 5.74) is 0. The average molecular weight is 793 g/mol. The molecule has 0 aromatic rings. The molecule has 0 unspecified atom stereocenters. The highest BCUT2D eigenvalue weighted by atomic mass is 16.6. The predicted molar refractivity (Wildman–Crippen MR) is 238 cm³/mol. The predicted octanol–water partition coefficient (Wildman–Crippen LogP) is 15.9. The highest BCUT2D eigenvalue weighted by Gasteiger charge is 2.19. The zero-order valence-corrected chi connectivity index (χ0v) is 38.1. The van der Waals surface area contributed by atoms with Gasteiger partial charge in [0.05, 0.1) is 0 Å². The average Bonchev–Trinajstić information content (AvgIpc) is 3.18. The van der Waals surface area contributed by atoms with E-state index in [2.05, 4.69) is 27.7 Å². The third kappa shape index (κ3) is 43.5. The fourth-order valence-electron chi connectivity index (χ4n) is 7.51. The largest absolute Gasteiger partial charge is 0.462 e. The second kappa shape index (κ2) is 44.5. The molecule has 1 atom stereocenters. The van der Waals surface area contributed by atoms with Crippen LogP contribution in [0.15, 0.2) is 0 Å². The van der Waals surface area contributed by atoms with Gasteiger partial charge in [0.25, 0.3) is 0 Å². The zero-order valence-electron chi connectivity index (χ0n) is 38.1. The minimum atomic E-state index is -0.760. The van der Waals surface area contributed by atoms with Crippen LogP contribution in [0.3, 0.4) is 0 Å². The molecule has 0 bridgehead atoms. The SMILES string of the molecule is CCCCCCCCCCCCCCCCCCCCC(=O)OC[C@H](COC(=O)CCCCCCCCC(C)C)OC(=O)CCCCCCCCCCCCC. The topological polar surface area (TPSA) is 78.9 Å². The normalized spacial score (nSPS) is 11.9. The molecule has 0 N–H and O–H groups in total. The Hall–Kier alpha value is -1.59. The Morgan fingerprint density at radius 3 is 0.875 bits per heavy atom. The van der Waals surface area contributed by atoms with Crippen molar-refractivity contribution in [2.75, 3.05) is 13.2 Å². The van der Waals surface area contributed by atoms with Crippen LogP contribution in [0, 0.1) is 5.92 Å². The summed E-state index contributed by atoms with van der Waals surface area (Å²) in [4.78, 5) is 37.8. The van der Waals surface area contributed by atoms with Gasteiger partial charge in [0.1, 0.15) is 13.2 Å². The Morgan fingerprint density at radius 1 is 0.339 bits per heavy atom. The van der Waals surface area contributed by atoms with Crippen LogP contribution in [0.1, 0.15) is 278 Å². The summed E-state index contributed by atoms with van der Waals surface area (Å²) in [5, 5.41) is 0. The summed E-state index contributed by atoms with van der Waals surface area (Å²) < 4.78 is 16.7. The van der Waals surface area contributed by atoms with E-state index in [1.165, 1.54) is 173 Å². The number of unbranched alkanes of at least 4 members (excludes halogenated alkanes) is 32. The molecule has 0 saturated carbocycles. The second-order valence-corrected chi connectivity index (χ2v) is 17.6. The molecule has 0 aromatic carbocycles. The third-order valence-corrected chi connectivity index (χ3v) is 11.3. The smallest absolute Gasteiger partial charge is 0.306 e. The van der Waals surface area contributed by atoms with E-state index in [1.807, 2.05) is 0 Å². The number of rotatable bonds is 45. The monoisotopic (exact) mass is 793 g/mol. The summed E-state index contributed by atoms with van der Waals surface area (Å²) >= 11 is 0. The fourth-order valence-corrected chi connectivity index (χ4v) is 7.51. The maximum absolute atomic E-state index is 12.7. The van der Waals surface area contributed by atoms with Gasteiger partial charge in [0, 0.05) is 19.3 Å². The molecule has 6 heteroatoms. The summed E-state index contributed by atoms with van der Waals surface area (Å²) in [6.07, 6.45) is 45.3. The van der Waals surface area contributed by atoms with Crippen molar-refractivity contribution in [1.82, 2.24) is 0 Å². The van der Waals surface area contributed by atoms with Gasteiger partial charge in [-0.15, -0.1) is 0 Å². The molecule has 0 aromatic heterocycles. The van der Waals surface area contributed by atoms with Crippen molar-refractivity contribution in [2.45, 2.75) is 284 Å². The molecule has 56 heavy (non-hydrogen) atoms. The van der Waals surface area contributed by atoms with E-state index in [9.17, 15) is 14.4 Å². The number of ether oxygens (including phenoxy) is 3. The van der Waals surface area contributed by atoms with Crippen molar-refractivity contribution in [3.05, 3.63) is 0 Å². The van der Waals surface area contributed by atoms with Crippen molar-refractivity contribution >= 4 is 17.9 Å². The lowest BCUT2D eigenvalue weighted by Crippen LogP contribution is -2.30. The van der Waals surface area contributed by atoms with Crippen LogP contribution in [-0.2, 0) is 28.6 Å².